The van der Waals surface area contributed by atoms with Crippen LogP contribution in [0.3, 0.4) is 0 Å². The van der Waals surface area contributed by atoms with E-state index in [1.807, 2.05) is 61.5 Å². The van der Waals surface area contributed by atoms with Gasteiger partial charge in [-0.05, 0) is 49.4 Å². The second-order valence-electron chi connectivity index (χ2n) is 12.0. The van der Waals surface area contributed by atoms with E-state index in [9.17, 15) is 18.0 Å². The first-order valence-corrected chi connectivity index (χ1v) is 17.6. The predicted molar refractivity (Wildman–Crippen MR) is 175 cm³/mol. The van der Waals surface area contributed by atoms with Crippen LogP contribution in [0.2, 0.25) is 0 Å². The van der Waals surface area contributed by atoms with E-state index in [1.165, 1.54) is 4.31 Å². The highest BCUT2D eigenvalue weighted by atomic mass is 32.2. The molecule has 1 fully saturated rings. The van der Waals surface area contributed by atoms with Crippen molar-refractivity contribution in [3.05, 3.63) is 89.5 Å². The summed E-state index contributed by atoms with van der Waals surface area (Å²) in [5, 5.41) is 3.23. The summed E-state index contributed by atoms with van der Waals surface area (Å²) >= 11 is 0. The minimum atomic E-state index is -3.65. The molecule has 1 aliphatic carbocycles. The summed E-state index contributed by atoms with van der Waals surface area (Å²) in [4.78, 5) is 29.7. The molecule has 0 spiro atoms. The van der Waals surface area contributed by atoms with Crippen molar-refractivity contribution < 1.29 is 27.5 Å². The molecule has 1 aliphatic heterocycles. The lowest BCUT2D eigenvalue weighted by Crippen LogP contribution is -2.52. The van der Waals surface area contributed by atoms with E-state index in [0.29, 0.717) is 36.8 Å². The maximum atomic E-state index is 14.1. The molecule has 0 radical (unpaired) electrons. The predicted octanol–water partition coefficient (Wildman–Crippen LogP) is 5.01. The Hall–Kier alpha value is -4.05. The number of anilines is 1. The van der Waals surface area contributed by atoms with Crippen LogP contribution in [0.1, 0.15) is 55.2 Å². The summed E-state index contributed by atoms with van der Waals surface area (Å²) in [6.07, 6.45) is 5.92. The van der Waals surface area contributed by atoms with Crippen LogP contribution < -0.4 is 19.1 Å². The van der Waals surface area contributed by atoms with Gasteiger partial charge >= 0.3 is 0 Å². The number of nitrogens with zero attached hydrogens (tertiary/aromatic N) is 2. The third-order valence-electron chi connectivity index (χ3n) is 8.37. The second-order valence-corrected chi connectivity index (χ2v) is 13.9. The molecule has 2 aliphatic rings. The van der Waals surface area contributed by atoms with Crippen LogP contribution in [0.25, 0.3) is 0 Å². The van der Waals surface area contributed by atoms with Crippen LogP contribution in [0.5, 0.6) is 11.5 Å². The molecule has 9 nitrogen and oxygen atoms in total. The van der Waals surface area contributed by atoms with E-state index < -0.39 is 16.1 Å². The van der Waals surface area contributed by atoms with Crippen LogP contribution >= 0.6 is 0 Å². The molecule has 10 heteroatoms. The molecule has 0 aromatic heterocycles. The van der Waals surface area contributed by atoms with E-state index in [4.69, 9.17) is 9.47 Å². The number of aryl methyl sites for hydroxylation is 1. The maximum absolute atomic E-state index is 14.1. The molecule has 3 aromatic rings. The van der Waals surface area contributed by atoms with Crippen molar-refractivity contribution >= 4 is 27.5 Å². The number of hydrogen-bond donors (Lipinski definition) is 1. The smallest absolute Gasteiger partial charge is 0.243 e. The van der Waals surface area contributed by atoms with E-state index in [1.54, 1.807) is 23.1 Å². The first-order chi connectivity index (χ1) is 21.7. The van der Waals surface area contributed by atoms with Crippen molar-refractivity contribution in [1.82, 2.24) is 10.2 Å². The van der Waals surface area contributed by atoms with Crippen LogP contribution in [0.4, 0.5) is 5.69 Å². The number of nitrogens with one attached hydrogen (secondary N) is 1. The number of carbonyl (C=O) groups excluding carboxylic acids is 2. The van der Waals surface area contributed by atoms with Crippen molar-refractivity contribution in [2.24, 2.45) is 0 Å². The molecule has 240 valence electrons. The van der Waals surface area contributed by atoms with Crippen molar-refractivity contribution in [3.63, 3.8) is 0 Å². The van der Waals surface area contributed by atoms with Gasteiger partial charge in [-0.1, -0.05) is 73.0 Å². The Balaban J connectivity index is 1.37. The molecule has 5 rings (SSSR count). The number of sulfonamides is 1. The molecule has 1 atom stereocenters. The Bertz CT molecular complexity index is 1570. The first kappa shape index (κ1) is 32.3. The standard InChI is InChI=1S/C35H43N3O6S/c1-26-10-8-13-28(22-26)25-37(31(23-27-11-4-3-5-12-27)35(40)36-29-14-6-7-15-29)34(39)16-9-19-38(45(2,41)42)30-17-18-32-33(24-30)44-21-20-43-32/h3-5,8,10-13,17-18,22,24,29,31H,6-7,9,14-16,19-21,23,25H2,1-2H3,(H,36,40)/t31-/m1/s1. The molecule has 2 amide bonds. The quantitative estimate of drug-likeness (QED) is 0.284. The zero-order chi connectivity index (χ0) is 31.8. The molecule has 0 unspecified atom stereocenters. The number of hydrogen-bond acceptors (Lipinski definition) is 6. The zero-order valence-corrected chi connectivity index (χ0v) is 26.9. The van der Waals surface area contributed by atoms with Gasteiger partial charge in [-0.3, -0.25) is 13.9 Å². The van der Waals surface area contributed by atoms with Crippen molar-refractivity contribution in [1.29, 1.82) is 0 Å². The molecule has 1 saturated carbocycles. The molecule has 0 saturated heterocycles. The third-order valence-corrected chi connectivity index (χ3v) is 9.57. The van der Waals surface area contributed by atoms with Gasteiger partial charge in [-0.2, -0.15) is 0 Å². The van der Waals surface area contributed by atoms with Crippen LogP contribution in [0.15, 0.2) is 72.8 Å². The van der Waals surface area contributed by atoms with Crippen LogP contribution in [-0.2, 0) is 32.6 Å². The van der Waals surface area contributed by atoms with Gasteiger partial charge in [0.1, 0.15) is 19.3 Å². The lowest BCUT2D eigenvalue weighted by Gasteiger charge is -2.33. The molecule has 1 N–H and O–H groups in total. The fourth-order valence-corrected chi connectivity index (χ4v) is 7.08. The summed E-state index contributed by atoms with van der Waals surface area (Å²) in [7, 11) is -3.65. The highest BCUT2D eigenvalue weighted by Crippen LogP contribution is 2.35. The van der Waals surface area contributed by atoms with Crippen molar-refractivity contribution in [2.75, 3.05) is 30.3 Å². The van der Waals surface area contributed by atoms with Crippen molar-refractivity contribution in [2.45, 2.75) is 70.5 Å². The SMILES string of the molecule is Cc1cccc(CN(C(=O)CCCN(c2ccc3c(c2)OCCO3)S(C)(=O)=O)[C@H](Cc2ccccc2)C(=O)NC2CCCC2)c1. The Labute approximate surface area is 266 Å². The molecule has 3 aromatic carbocycles. The van der Waals surface area contributed by atoms with E-state index >= 15 is 0 Å². The Morgan fingerprint density at radius 2 is 1.62 bits per heavy atom. The average molecular weight is 634 g/mol. The molecule has 1 heterocycles. The minimum Gasteiger partial charge on any atom is -0.486 e. The Kier molecular flexibility index (Phi) is 10.7. The van der Waals surface area contributed by atoms with Gasteiger partial charge in [0.25, 0.3) is 0 Å². The van der Waals surface area contributed by atoms with Gasteiger partial charge in [-0.25, -0.2) is 8.42 Å². The number of rotatable bonds is 13. The third kappa shape index (κ3) is 8.78. The van der Waals surface area contributed by atoms with Gasteiger partial charge in [0.2, 0.25) is 21.8 Å². The van der Waals surface area contributed by atoms with E-state index in [2.05, 4.69) is 5.32 Å². The topological polar surface area (TPSA) is 105 Å². The summed E-state index contributed by atoms with van der Waals surface area (Å²) in [5.74, 6) is 0.709. The zero-order valence-electron chi connectivity index (χ0n) is 26.1. The summed E-state index contributed by atoms with van der Waals surface area (Å²) < 4.78 is 38.3. The van der Waals surface area contributed by atoms with E-state index in [-0.39, 0.29) is 43.8 Å². The number of benzene rings is 3. The van der Waals surface area contributed by atoms with Gasteiger partial charge in [0, 0.05) is 38.0 Å². The number of fused-ring (bicyclic) bond motifs is 1. The highest BCUT2D eigenvalue weighted by molar-refractivity contribution is 7.92. The Morgan fingerprint density at radius 3 is 2.33 bits per heavy atom. The van der Waals surface area contributed by atoms with Crippen LogP contribution in [0, 0.1) is 6.92 Å². The normalized spacial score (nSPS) is 15.3. The fraction of sp³-hybridized carbons (Fsp3) is 0.429. The highest BCUT2D eigenvalue weighted by Gasteiger charge is 2.32. The van der Waals surface area contributed by atoms with Gasteiger partial charge in [0.05, 0.1) is 11.9 Å². The molecular formula is C35H43N3O6S. The fourth-order valence-electron chi connectivity index (χ4n) is 6.12. The first-order valence-electron chi connectivity index (χ1n) is 15.7. The van der Waals surface area contributed by atoms with Gasteiger partial charge < -0.3 is 19.7 Å². The van der Waals surface area contributed by atoms with E-state index in [0.717, 1.165) is 48.6 Å². The minimum absolute atomic E-state index is 0.0738. The molecule has 0 bridgehead atoms. The number of carbonyl (C=O) groups is 2. The average Bonchev–Trinajstić information content (AvgIpc) is 3.53. The molecule has 45 heavy (non-hydrogen) atoms. The summed E-state index contributed by atoms with van der Waals surface area (Å²) in [6.45, 7) is 3.20. The second kappa shape index (κ2) is 14.8. The number of ether oxygens (including phenoxy) is 2. The maximum Gasteiger partial charge on any atom is 0.243 e. The molecular weight excluding hydrogens is 590 g/mol. The monoisotopic (exact) mass is 633 g/mol. The lowest BCUT2D eigenvalue weighted by atomic mass is 10.0. The van der Waals surface area contributed by atoms with Gasteiger partial charge in [-0.15, -0.1) is 0 Å². The summed E-state index contributed by atoms with van der Waals surface area (Å²) in [6, 6.07) is 22.1. The van der Waals surface area contributed by atoms with Gasteiger partial charge in [0.15, 0.2) is 11.5 Å². The number of amides is 2. The largest absolute Gasteiger partial charge is 0.486 e. The summed E-state index contributed by atoms with van der Waals surface area (Å²) in [5.41, 5.74) is 3.42. The lowest BCUT2D eigenvalue weighted by molar-refractivity contribution is -0.141. The van der Waals surface area contributed by atoms with Crippen LogP contribution in [-0.4, -0.2) is 63.2 Å². The Morgan fingerprint density at radius 1 is 0.911 bits per heavy atom. The van der Waals surface area contributed by atoms with Crippen molar-refractivity contribution in [3.8, 4) is 11.5 Å².